The number of nitrogens with zero attached hydrogens (tertiary/aromatic N) is 1. The Hall–Kier alpha value is -3.16. The highest BCUT2D eigenvalue weighted by atomic mass is 32.2. The molecule has 0 bridgehead atoms. The van der Waals surface area contributed by atoms with Crippen LogP contribution in [0.3, 0.4) is 0 Å². The predicted molar refractivity (Wildman–Crippen MR) is 132 cm³/mol. The van der Waals surface area contributed by atoms with Gasteiger partial charge in [-0.15, -0.1) is 0 Å². The number of hydrogen-bond acceptors (Lipinski definition) is 4. The third-order valence-electron chi connectivity index (χ3n) is 6.16. The molecule has 0 aliphatic carbocycles. The van der Waals surface area contributed by atoms with E-state index in [2.05, 4.69) is 5.32 Å². The quantitative estimate of drug-likeness (QED) is 0.530. The molecule has 4 rings (SSSR count). The van der Waals surface area contributed by atoms with Crippen LogP contribution in [0.25, 0.3) is 0 Å². The Kier molecular flexibility index (Phi) is 7.65. The fourth-order valence-electron chi connectivity index (χ4n) is 4.32. The number of methoxy groups -OCH3 is 1. The molecule has 1 N–H and O–H groups in total. The van der Waals surface area contributed by atoms with Crippen LogP contribution in [0, 0.1) is 0 Å². The molecule has 7 heteroatoms. The molecule has 1 saturated heterocycles. The number of amides is 1. The summed E-state index contributed by atoms with van der Waals surface area (Å²) >= 11 is 0. The number of hydrogen-bond donors (Lipinski definition) is 1. The van der Waals surface area contributed by atoms with Crippen molar-refractivity contribution in [1.29, 1.82) is 0 Å². The maximum atomic E-state index is 13.5. The van der Waals surface area contributed by atoms with Gasteiger partial charge in [-0.2, -0.15) is 4.31 Å². The van der Waals surface area contributed by atoms with E-state index in [1.165, 1.54) is 23.5 Å². The van der Waals surface area contributed by atoms with Crippen molar-refractivity contribution in [3.05, 3.63) is 95.6 Å². The molecule has 3 aromatic rings. The molecule has 1 amide bonds. The van der Waals surface area contributed by atoms with Gasteiger partial charge in [0, 0.05) is 13.1 Å². The molecule has 1 aliphatic rings. The van der Waals surface area contributed by atoms with E-state index in [-0.39, 0.29) is 10.5 Å². The van der Waals surface area contributed by atoms with Gasteiger partial charge in [0.25, 0.3) is 5.91 Å². The normalized spacial score (nSPS) is 15.0. The predicted octanol–water partition coefficient (Wildman–Crippen LogP) is 4.78. The summed E-state index contributed by atoms with van der Waals surface area (Å²) in [6.07, 6.45) is 3.75. The lowest BCUT2D eigenvalue weighted by Crippen LogP contribution is -2.33. The van der Waals surface area contributed by atoms with Crippen LogP contribution in [0.4, 0.5) is 0 Å². The van der Waals surface area contributed by atoms with Gasteiger partial charge in [-0.1, -0.05) is 73.5 Å². The van der Waals surface area contributed by atoms with Crippen molar-refractivity contribution in [2.24, 2.45) is 0 Å². The molecule has 0 radical (unpaired) electrons. The molecular weight excluding hydrogens is 448 g/mol. The summed E-state index contributed by atoms with van der Waals surface area (Å²) in [5.41, 5.74) is 2.04. The zero-order valence-electron chi connectivity index (χ0n) is 19.3. The van der Waals surface area contributed by atoms with Gasteiger partial charge >= 0.3 is 0 Å². The van der Waals surface area contributed by atoms with E-state index < -0.39 is 22.0 Å². The van der Waals surface area contributed by atoms with E-state index in [0.29, 0.717) is 18.8 Å². The number of rotatable bonds is 7. The molecule has 1 heterocycles. The Morgan fingerprint density at radius 3 is 1.94 bits per heavy atom. The number of carbonyl (C=O) groups excluding carboxylic acids is 1. The molecule has 0 saturated carbocycles. The van der Waals surface area contributed by atoms with Crippen molar-refractivity contribution in [2.45, 2.75) is 36.6 Å². The molecule has 178 valence electrons. The van der Waals surface area contributed by atoms with E-state index >= 15 is 0 Å². The summed E-state index contributed by atoms with van der Waals surface area (Å²) in [4.78, 5) is 13.6. The Morgan fingerprint density at radius 2 is 1.41 bits per heavy atom. The van der Waals surface area contributed by atoms with E-state index in [0.717, 1.165) is 36.8 Å². The first-order chi connectivity index (χ1) is 16.5. The summed E-state index contributed by atoms with van der Waals surface area (Å²) in [5, 5.41) is 3.08. The molecular formula is C27H30N2O4S. The van der Waals surface area contributed by atoms with Crippen LogP contribution in [0.1, 0.15) is 53.2 Å². The van der Waals surface area contributed by atoms with Crippen molar-refractivity contribution >= 4 is 15.9 Å². The number of nitrogens with one attached hydrogen (secondary N) is 1. The molecule has 6 nitrogen and oxygen atoms in total. The first-order valence-electron chi connectivity index (χ1n) is 11.6. The van der Waals surface area contributed by atoms with Crippen LogP contribution >= 0.6 is 0 Å². The topological polar surface area (TPSA) is 75.7 Å². The van der Waals surface area contributed by atoms with Crippen LogP contribution in [-0.4, -0.2) is 38.8 Å². The zero-order chi connectivity index (χ0) is 24.0. The van der Waals surface area contributed by atoms with Crippen LogP contribution in [-0.2, 0) is 10.0 Å². The molecule has 1 fully saturated rings. The third-order valence-corrected chi connectivity index (χ3v) is 8.05. The second-order valence-corrected chi connectivity index (χ2v) is 10.3. The van der Waals surface area contributed by atoms with Gasteiger partial charge in [0.15, 0.2) is 0 Å². The van der Waals surface area contributed by atoms with Gasteiger partial charge in [0.05, 0.1) is 23.6 Å². The van der Waals surface area contributed by atoms with Crippen LogP contribution in [0.5, 0.6) is 5.75 Å². The fraction of sp³-hybridized carbons (Fsp3) is 0.296. The minimum atomic E-state index is -3.70. The number of ether oxygens (including phenoxy) is 1. The Bertz CT molecular complexity index is 1170. The first-order valence-corrected chi connectivity index (χ1v) is 13.0. The zero-order valence-corrected chi connectivity index (χ0v) is 20.1. The summed E-state index contributed by atoms with van der Waals surface area (Å²) in [7, 11) is -2.23. The van der Waals surface area contributed by atoms with E-state index in [1.54, 1.807) is 6.07 Å². The fourth-order valence-corrected chi connectivity index (χ4v) is 5.86. The van der Waals surface area contributed by atoms with Gasteiger partial charge in [-0.3, -0.25) is 4.79 Å². The monoisotopic (exact) mass is 478 g/mol. The highest BCUT2D eigenvalue weighted by molar-refractivity contribution is 7.89. The third kappa shape index (κ3) is 5.32. The molecule has 3 aromatic carbocycles. The summed E-state index contributed by atoms with van der Waals surface area (Å²) < 4.78 is 33.6. The molecule has 0 spiro atoms. The molecule has 0 unspecified atom stereocenters. The Labute approximate surface area is 201 Å². The average molecular weight is 479 g/mol. The minimum Gasteiger partial charge on any atom is -0.496 e. The molecule has 0 atom stereocenters. The molecule has 34 heavy (non-hydrogen) atoms. The standard InChI is InChI=1S/C27H30N2O4S/c1-33-25-17-16-23(34(31,32)29-18-10-2-3-11-19-29)20-24(25)27(30)28-26(21-12-6-4-7-13-21)22-14-8-5-9-15-22/h4-9,12-17,20,26H,2-3,10-11,18-19H2,1H3,(H,28,30). The molecule has 0 aromatic heterocycles. The number of carbonyl (C=O) groups is 1. The van der Waals surface area contributed by atoms with E-state index in [9.17, 15) is 13.2 Å². The highest BCUT2D eigenvalue weighted by Crippen LogP contribution is 2.28. The summed E-state index contributed by atoms with van der Waals surface area (Å²) in [5.74, 6) is -0.0744. The van der Waals surface area contributed by atoms with Crippen molar-refractivity contribution < 1.29 is 17.9 Å². The van der Waals surface area contributed by atoms with Gasteiger partial charge in [0.2, 0.25) is 10.0 Å². The van der Waals surface area contributed by atoms with Crippen LogP contribution in [0.15, 0.2) is 83.8 Å². The SMILES string of the molecule is COc1ccc(S(=O)(=O)N2CCCCCC2)cc1C(=O)NC(c1ccccc1)c1ccccc1. The maximum absolute atomic E-state index is 13.5. The van der Waals surface area contributed by atoms with Crippen molar-refractivity contribution in [3.8, 4) is 5.75 Å². The lowest BCUT2D eigenvalue weighted by atomic mass is 9.98. The second kappa shape index (κ2) is 10.8. The Morgan fingerprint density at radius 1 is 0.853 bits per heavy atom. The van der Waals surface area contributed by atoms with E-state index in [1.807, 2.05) is 60.7 Å². The maximum Gasteiger partial charge on any atom is 0.255 e. The number of sulfonamides is 1. The van der Waals surface area contributed by atoms with Crippen LogP contribution < -0.4 is 10.1 Å². The average Bonchev–Trinajstić information content (AvgIpc) is 3.18. The van der Waals surface area contributed by atoms with Gasteiger partial charge in [-0.25, -0.2) is 8.42 Å². The van der Waals surface area contributed by atoms with Crippen molar-refractivity contribution in [2.75, 3.05) is 20.2 Å². The van der Waals surface area contributed by atoms with Gasteiger partial charge in [-0.05, 0) is 42.2 Å². The van der Waals surface area contributed by atoms with Crippen molar-refractivity contribution in [3.63, 3.8) is 0 Å². The number of benzene rings is 3. The lowest BCUT2D eigenvalue weighted by molar-refractivity contribution is 0.0939. The minimum absolute atomic E-state index is 0.108. The highest BCUT2D eigenvalue weighted by Gasteiger charge is 2.28. The van der Waals surface area contributed by atoms with Crippen LogP contribution in [0.2, 0.25) is 0 Å². The van der Waals surface area contributed by atoms with Gasteiger partial charge in [0.1, 0.15) is 5.75 Å². The largest absolute Gasteiger partial charge is 0.496 e. The van der Waals surface area contributed by atoms with Crippen molar-refractivity contribution in [1.82, 2.24) is 9.62 Å². The lowest BCUT2D eigenvalue weighted by Gasteiger charge is -2.22. The van der Waals surface area contributed by atoms with E-state index in [4.69, 9.17) is 4.74 Å². The molecule has 1 aliphatic heterocycles. The second-order valence-electron chi connectivity index (χ2n) is 8.41. The Balaban J connectivity index is 1.68. The van der Waals surface area contributed by atoms with Gasteiger partial charge < -0.3 is 10.1 Å². The first kappa shape index (κ1) is 24.0. The smallest absolute Gasteiger partial charge is 0.255 e. The summed E-state index contributed by atoms with van der Waals surface area (Å²) in [6.45, 7) is 1.000. The summed E-state index contributed by atoms with van der Waals surface area (Å²) in [6, 6.07) is 23.5.